The van der Waals surface area contributed by atoms with Crippen molar-refractivity contribution in [2.24, 2.45) is 0 Å². The molecule has 0 aromatic carbocycles. The summed E-state index contributed by atoms with van der Waals surface area (Å²) in [5, 5.41) is 19.6. The molecular weight excluding hydrogens is 154 g/mol. The summed E-state index contributed by atoms with van der Waals surface area (Å²) in [7, 11) is 0. The maximum absolute atomic E-state index is 10.2. The van der Waals surface area contributed by atoms with Crippen LogP contribution in [0, 0.1) is 0 Å². The number of nitrogens with zero attached hydrogens (tertiary/aromatic N) is 1. The van der Waals surface area contributed by atoms with Crippen molar-refractivity contribution in [1.29, 1.82) is 0 Å². The molecule has 1 aromatic heterocycles. The molecule has 0 unspecified atom stereocenters. The quantitative estimate of drug-likeness (QED) is 0.629. The third-order valence-corrected chi connectivity index (χ3v) is 1.00. The molecule has 0 aliphatic rings. The van der Waals surface area contributed by atoms with Crippen LogP contribution in [-0.2, 0) is 0 Å². The van der Waals surface area contributed by atoms with Crippen molar-refractivity contribution < 1.29 is 24.3 Å². The third kappa shape index (κ3) is 1.18. The number of hydrogen-bond donors (Lipinski definition) is 2. The van der Waals surface area contributed by atoms with Gasteiger partial charge in [-0.25, -0.2) is 9.59 Å². The van der Waals surface area contributed by atoms with E-state index >= 15 is 0 Å². The molecule has 1 heterocycles. The van der Waals surface area contributed by atoms with Gasteiger partial charge < -0.3 is 14.7 Å². The Morgan fingerprint density at radius 3 is 2.36 bits per heavy atom. The standard InChI is InChI=1S/C5H3NO5/c7-4(8)2-1-11-6-3(2)5(9)10/h1H,(H,7,8)(H,9,10). The SMILES string of the molecule is O=C(O)c1conc1C(=O)O. The summed E-state index contributed by atoms with van der Waals surface area (Å²) < 4.78 is 4.16. The molecule has 0 radical (unpaired) electrons. The molecule has 1 rings (SSSR count). The highest BCUT2D eigenvalue weighted by atomic mass is 16.5. The predicted molar refractivity (Wildman–Crippen MR) is 30.4 cm³/mol. The number of carboxylic acid groups (broad SMARTS) is 2. The van der Waals surface area contributed by atoms with Gasteiger partial charge in [-0.15, -0.1) is 0 Å². The lowest BCUT2D eigenvalue weighted by Crippen LogP contribution is -2.05. The highest BCUT2D eigenvalue weighted by Crippen LogP contribution is 2.05. The van der Waals surface area contributed by atoms with Crippen molar-refractivity contribution in [1.82, 2.24) is 5.16 Å². The Hall–Kier alpha value is -1.85. The Morgan fingerprint density at radius 1 is 1.36 bits per heavy atom. The van der Waals surface area contributed by atoms with Crippen molar-refractivity contribution >= 4 is 11.9 Å². The monoisotopic (exact) mass is 157 g/mol. The maximum atomic E-state index is 10.2. The van der Waals surface area contributed by atoms with Crippen molar-refractivity contribution in [3.8, 4) is 0 Å². The molecule has 6 nitrogen and oxygen atoms in total. The molecule has 11 heavy (non-hydrogen) atoms. The number of aromatic carboxylic acids is 2. The lowest BCUT2D eigenvalue weighted by Gasteiger charge is -1.86. The van der Waals surface area contributed by atoms with Crippen LogP contribution in [0.4, 0.5) is 0 Å². The average molecular weight is 157 g/mol. The predicted octanol–water partition coefficient (Wildman–Crippen LogP) is 0.0710. The summed E-state index contributed by atoms with van der Waals surface area (Å²) in [6.45, 7) is 0. The van der Waals surface area contributed by atoms with Crippen molar-refractivity contribution in [3.05, 3.63) is 17.5 Å². The molecular formula is C5H3NO5. The lowest BCUT2D eigenvalue weighted by molar-refractivity contribution is 0.0647. The Kier molecular flexibility index (Phi) is 1.59. The molecule has 6 heteroatoms. The van der Waals surface area contributed by atoms with E-state index in [0.717, 1.165) is 6.26 Å². The van der Waals surface area contributed by atoms with Crippen molar-refractivity contribution in [3.63, 3.8) is 0 Å². The van der Waals surface area contributed by atoms with E-state index in [0.29, 0.717) is 0 Å². The summed E-state index contributed by atoms with van der Waals surface area (Å²) in [5.74, 6) is -2.79. The van der Waals surface area contributed by atoms with Gasteiger partial charge in [0, 0.05) is 0 Å². The molecule has 0 saturated heterocycles. The first kappa shape index (κ1) is 7.26. The minimum Gasteiger partial charge on any atom is -0.477 e. The Morgan fingerprint density at radius 2 is 2.00 bits per heavy atom. The van der Waals surface area contributed by atoms with Crippen LogP contribution in [0.2, 0.25) is 0 Å². The fourth-order valence-corrected chi connectivity index (χ4v) is 0.543. The molecule has 58 valence electrons. The minimum atomic E-state index is -1.42. The van der Waals surface area contributed by atoms with Crippen LogP contribution in [0.1, 0.15) is 20.8 Å². The van der Waals surface area contributed by atoms with E-state index in [1.807, 2.05) is 0 Å². The summed E-state index contributed by atoms with van der Waals surface area (Å²) in [4.78, 5) is 20.4. The second-order valence-electron chi connectivity index (χ2n) is 1.69. The van der Waals surface area contributed by atoms with E-state index < -0.39 is 23.2 Å². The molecule has 0 saturated carbocycles. The number of carbonyl (C=O) groups is 2. The molecule has 0 spiro atoms. The van der Waals surface area contributed by atoms with E-state index in [1.165, 1.54) is 0 Å². The van der Waals surface area contributed by atoms with Crippen LogP contribution in [-0.4, -0.2) is 27.3 Å². The van der Waals surface area contributed by atoms with Crippen LogP contribution < -0.4 is 0 Å². The zero-order valence-electron chi connectivity index (χ0n) is 5.14. The van der Waals surface area contributed by atoms with E-state index in [4.69, 9.17) is 10.2 Å². The van der Waals surface area contributed by atoms with Gasteiger partial charge in [-0.05, 0) is 0 Å². The van der Waals surface area contributed by atoms with Crippen LogP contribution in [0.5, 0.6) is 0 Å². The smallest absolute Gasteiger partial charge is 0.359 e. The molecule has 0 aliphatic heterocycles. The first-order valence-electron chi connectivity index (χ1n) is 2.54. The summed E-state index contributed by atoms with van der Waals surface area (Å²) in [6.07, 6.45) is 0.770. The third-order valence-electron chi connectivity index (χ3n) is 1.00. The molecule has 2 N–H and O–H groups in total. The van der Waals surface area contributed by atoms with Crippen LogP contribution in [0.25, 0.3) is 0 Å². The van der Waals surface area contributed by atoms with Gasteiger partial charge in [-0.3, -0.25) is 0 Å². The number of carboxylic acids is 2. The Labute approximate surface area is 60.0 Å². The fraction of sp³-hybridized carbons (Fsp3) is 0. The zero-order chi connectivity index (χ0) is 8.43. The normalized spacial score (nSPS) is 9.45. The maximum Gasteiger partial charge on any atom is 0.359 e. The molecule has 0 aliphatic carbocycles. The van der Waals surface area contributed by atoms with Gasteiger partial charge in [0.05, 0.1) is 0 Å². The van der Waals surface area contributed by atoms with Gasteiger partial charge in [0.25, 0.3) is 0 Å². The van der Waals surface area contributed by atoms with E-state index in [1.54, 1.807) is 0 Å². The minimum absolute atomic E-state index is 0.447. The number of rotatable bonds is 2. The highest BCUT2D eigenvalue weighted by molar-refractivity contribution is 5.99. The highest BCUT2D eigenvalue weighted by Gasteiger charge is 2.19. The zero-order valence-corrected chi connectivity index (χ0v) is 5.14. The molecule has 0 fully saturated rings. The van der Waals surface area contributed by atoms with Gasteiger partial charge in [0.1, 0.15) is 11.8 Å². The van der Waals surface area contributed by atoms with Crippen LogP contribution in [0.15, 0.2) is 10.8 Å². The van der Waals surface area contributed by atoms with Crippen molar-refractivity contribution in [2.45, 2.75) is 0 Å². The molecule has 0 amide bonds. The van der Waals surface area contributed by atoms with Gasteiger partial charge in [-0.1, -0.05) is 5.16 Å². The van der Waals surface area contributed by atoms with E-state index in [9.17, 15) is 9.59 Å². The van der Waals surface area contributed by atoms with E-state index in [-0.39, 0.29) is 0 Å². The fourth-order valence-electron chi connectivity index (χ4n) is 0.543. The summed E-state index contributed by atoms with van der Waals surface area (Å²) in [6, 6.07) is 0. The van der Waals surface area contributed by atoms with Gasteiger partial charge in [0.2, 0.25) is 5.69 Å². The first-order valence-corrected chi connectivity index (χ1v) is 2.54. The molecule has 0 atom stereocenters. The largest absolute Gasteiger partial charge is 0.477 e. The van der Waals surface area contributed by atoms with Crippen LogP contribution >= 0.6 is 0 Å². The van der Waals surface area contributed by atoms with Gasteiger partial charge in [-0.2, -0.15) is 0 Å². The Bertz CT molecular complexity index is 273. The second-order valence-corrected chi connectivity index (χ2v) is 1.69. The van der Waals surface area contributed by atoms with Crippen molar-refractivity contribution in [2.75, 3.05) is 0 Å². The van der Waals surface area contributed by atoms with Crippen LogP contribution in [0.3, 0.4) is 0 Å². The summed E-state index contributed by atoms with van der Waals surface area (Å²) >= 11 is 0. The Balaban J connectivity index is 3.16. The van der Waals surface area contributed by atoms with Gasteiger partial charge in [0.15, 0.2) is 0 Å². The number of aromatic nitrogens is 1. The average Bonchev–Trinajstić information content (AvgIpc) is 2.32. The topological polar surface area (TPSA) is 101 Å². The lowest BCUT2D eigenvalue weighted by atomic mass is 10.2. The summed E-state index contributed by atoms with van der Waals surface area (Å²) in [5.41, 5.74) is -1.03. The molecule has 1 aromatic rings. The van der Waals surface area contributed by atoms with Gasteiger partial charge >= 0.3 is 11.9 Å². The van der Waals surface area contributed by atoms with E-state index in [2.05, 4.69) is 9.68 Å². The number of hydrogen-bond acceptors (Lipinski definition) is 4. The molecule has 0 bridgehead atoms. The second kappa shape index (κ2) is 2.41. The first-order chi connectivity index (χ1) is 5.13.